The molecule has 1 amide bonds. The summed E-state index contributed by atoms with van der Waals surface area (Å²) < 4.78 is 0. The maximum atomic E-state index is 12.4. The molecule has 1 heterocycles. The summed E-state index contributed by atoms with van der Waals surface area (Å²) in [4.78, 5) is 14.3. The number of nitrogen functional groups attached to an aromatic ring is 2. The largest absolute Gasteiger partial charge is 0.399 e. The number of likely N-dealkylation sites (tertiary alicyclic amines) is 1. The van der Waals surface area contributed by atoms with Gasteiger partial charge in [0.1, 0.15) is 0 Å². The van der Waals surface area contributed by atoms with Gasteiger partial charge in [0.15, 0.2) is 0 Å². The number of nitrogens with two attached hydrogens (primary N) is 2. The van der Waals surface area contributed by atoms with Gasteiger partial charge in [-0.2, -0.15) is 0 Å². The highest BCUT2D eigenvalue weighted by Crippen LogP contribution is 2.30. The zero-order valence-electron chi connectivity index (χ0n) is 11.1. The van der Waals surface area contributed by atoms with Crippen molar-refractivity contribution in [3.63, 3.8) is 0 Å². The third-order valence-electron chi connectivity index (χ3n) is 3.49. The molecule has 0 radical (unpaired) electrons. The molecule has 98 valence electrons. The molecule has 1 fully saturated rings. The smallest absolute Gasteiger partial charge is 0.255 e. The van der Waals surface area contributed by atoms with Crippen LogP contribution < -0.4 is 11.5 Å². The second-order valence-electron chi connectivity index (χ2n) is 5.84. The van der Waals surface area contributed by atoms with Gasteiger partial charge < -0.3 is 16.4 Å². The Morgan fingerprint density at radius 3 is 2.67 bits per heavy atom. The molecule has 0 atom stereocenters. The number of anilines is 2. The quantitative estimate of drug-likeness (QED) is 0.746. The van der Waals surface area contributed by atoms with Crippen LogP contribution in [0.15, 0.2) is 18.2 Å². The van der Waals surface area contributed by atoms with E-state index in [1.807, 2.05) is 4.90 Å². The lowest BCUT2D eigenvalue weighted by Gasteiger charge is -2.38. The number of benzene rings is 1. The Hall–Kier alpha value is -1.71. The van der Waals surface area contributed by atoms with Crippen LogP contribution in [0.2, 0.25) is 0 Å². The summed E-state index contributed by atoms with van der Waals surface area (Å²) >= 11 is 0. The Kier molecular flexibility index (Phi) is 3.20. The van der Waals surface area contributed by atoms with E-state index >= 15 is 0 Å². The van der Waals surface area contributed by atoms with Crippen molar-refractivity contribution >= 4 is 17.3 Å². The highest BCUT2D eigenvalue weighted by atomic mass is 16.2. The van der Waals surface area contributed by atoms with Crippen LogP contribution in [0.4, 0.5) is 11.4 Å². The van der Waals surface area contributed by atoms with Crippen molar-refractivity contribution in [3.8, 4) is 0 Å². The Morgan fingerprint density at radius 1 is 1.33 bits per heavy atom. The van der Waals surface area contributed by atoms with Crippen LogP contribution in [0.5, 0.6) is 0 Å². The molecule has 1 aromatic carbocycles. The molecule has 0 saturated carbocycles. The summed E-state index contributed by atoms with van der Waals surface area (Å²) in [6.07, 6.45) is 2.21. The summed E-state index contributed by atoms with van der Waals surface area (Å²) in [6, 6.07) is 5.08. The van der Waals surface area contributed by atoms with Crippen molar-refractivity contribution in [1.29, 1.82) is 0 Å². The molecule has 1 saturated heterocycles. The molecule has 18 heavy (non-hydrogen) atoms. The second-order valence-corrected chi connectivity index (χ2v) is 5.84. The van der Waals surface area contributed by atoms with E-state index in [9.17, 15) is 4.79 Å². The predicted molar refractivity (Wildman–Crippen MR) is 74.2 cm³/mol. The molecule has 0 bridgehead atoms. The molecule has 1 aliphatic rings. The van der Waals surface area contributed by atoms with E-state index < -0.39 is 0 Å². The number of piperidine rings is 1. The van der Waals surface area contributed by atoms with Crippen LogP contribution in [0.25, 0.3) is 0 Å². The van der Waals surface area contributed by atoms with E-state index in [2.05, 4.69) is 13.8 Å². The van der Waals surface area contributed by atoms with Crippen molar-refractivity contribution in [2.24, 2.45) is 5.41 Å². The Morgan fingerprint density at radius 2 is 2.06 bits per heavy atom. The molecule has 0 aliphatic carbocycles. The average Bonchev–Trinajstić information content (AvgIpc) is 2.27. The number of nitrogens with zero attached hydrogens (tertiary/aromatic N) is 1. The first-order valence-electron chi connectivity index (χ1n) is 6.33. The molecule has 4 N–H and O–H groups in total. The first-order chi connectivity index (χ1) is 8.39. The van der Waals surface area contributed by atoms with E-state index in [4.69, 9.17) is 11.5 Å². The number of hydrogen-bond acceptors (Lipinski definition) is 3. The zero-order valence-corrected chi connectivity index (χ0v) is 11.1. The molecule has 1 aromatic rings. The van der Waals surface area contributed by atoms with E-state index in [0.717, 1.165) is 25.9 Å². The lowest BCUT2D eigenvalue weighted by atomic mass is 9.84. The van der Waals surface area contributed by atoms with Crippen molar-refractivity contribution in [3.05, 3.63) is 23.8 Å². The van der Waals surface area contributed by atoms with Gasteiger partial charge in [0.05, 0.1) is 5.56 Å². The molecule has 2 rings (SSSR count). The third-order valence-corrected chi connectivity index (χ3v) is 3.49. The number of rotatable bonds is 1. The predicted octanol–water partition coefficient (Wildman–Crippen LogP) is 2.11. The van der Waals surface area contributed by atoms with Crippen LogP contribution in [-0.4, -0.2) is 23.9 Å². The minimum absolute atomic E-state index is 0.0141. The van der Waals surface area contributed by atoms with Gasteiger partial charge in [-0.1, -0.05) is 13.8 Å². The molecular weight excluding hydrogens is 226 g/mol. The van der Waals surface area contributed by atoms with Crippen LogP contribution in [0, 0.1) is 5.41 Å². The SMILES string of the molecule is CC1(C)CCCN(C(=O)c2ccc(N)cc2N)C1. The van der Waals surface area contributed by atoms with E-state index in [1.165, 1.54) is 0 Å². The lowest BCUT2D eigenvalue weighted by molar-refractivity contribution is 0.0584. The van der Waals surface area contributed by atoms with Gasteiger partial charge in [-0.15, -0.1) is 0 Å². The fourth-order valence-corrected chi connectivity index (χ4v) is 2.54. The highest BCUT2D eigenvalue weighted by molar-refractivity contribution is 5.99. The number of hydrogen-bond donors (Lipinski definition) is 2. The molecule has 4 nitrogen and oxygen atoms in total. The van der Waals surface area contributed by atoms with Gasteiger partial charge in [-0.25, -0.2) is 0 Å². The molecule has 4 heteroatoms. The van der Waals surface area contributed by atoms with Gasteiger partial charge in [-0.3, -0.25) is 4.79 Å². The van der Waals surface area contributed by atoms with Crippen LogP contribution in [0.1, 0.15) is 37.0 Å². The summed E-state index contributed by atoms with van der Waals surface area (Å²) in [6.45, 7) is 5.99. The maximum Gasteiger partial charge on any atom is 0.255 e. The number of amides is 1. The first kappa shape index (κ1) is 12.7. The summed E-state index contributed by atoms with van der Waals surface area (Å²) in [5, 5.41) is 0. The van der Waals surface area contributed by atoms with Crippen molar-refractivity contribution < 1.29 is 4.79 Å². The summed E-state index contributed by atoms with van der Waals surface area (Å²) in [5.41, 5.74) is 13.3. The zero-order chi connectivity index (χ0) is 13.3. The minimum Gasteiger partial charge on any atom is -0.399 e. The normalized spacial score (nSPS) is 18.7. The van der Waals surface area contributed by atoms with Crippen LogP contribution >= 0.6 is 0 Å². The van der Waals surface area contributed by atoms with Gasteiger partial charge >= 0.3 is 0 Å². The monoisotopic (exact) mass is 247 g/mol. The van der Waals surface area contributed by atoms with Crippen LogP contribution in [0.3, 0.4) is 0 Å². The number of carbonyl (C=O) groups is 1. The van der Waals surface area contributed by atoms with Crippen molar-refractivity contribution in [2.75, 3.05) is 24.6 Å². The molecule has 1 aliphatic heterocycles. The van der Waals surface area contributed by atoms with Gasteiger partial charge in [0.25, 0.3) is 5.91 Å². The Balaban J connectivity index is 2.20. The molecule has 0 spiro atoms. The maximum absolute atomic E-state index is 12.4. The number of carbonyl (C=O) groups excluding carboxylic acids is 1. The standard InChI is InChI=1S/C14H21N3O/c1-14(2)6-3-7-17(9-14)13(18)11-5-4-10(15)8-12(11)16/h4-5,8H,3,6-7,9,15-16H2,1-2H3. The summed E-state index contributed by atoms with van der Waals surface area (Å²) in [5.74, 6) is 0.0141. The molecular formula is C14H21N3O. The van der Waals surface area contributed by atoms with E-state index in [1.54, 1.807) is 18.2 Å². The van der Waals surface area contributed by atoms with Gasteiger partial charge in [0.2, 0.25) is 0 Å². The molecule has 0 aromatic heterocycles. The van der Waals surface area contributed by atoms with E-state index in [0.29, 0.717) is 16.9 Å². The van der Waals surface area contributed by atoms with Gasteiger partial charge in [-0.05, 0) is 36.5 Å². The minimum atomic E-state index is 0.0141. The fourth-order valence-electron chi connectivity index (χ4n) is 2.54. The Labute approximate surface area is 108 Å². The van der Waals surface area contributed by atoms with Crippen molar-refractivity contribution in [1.82, 2.24) is 4.90 Å². The Bertz CT molecular complexity index is 468. The first-order valence-corrected chi connectivity index (χ1v) is 6.33. The second kappa shape index (κ2) is 4.52. The fraction of sp³-hybridized carbons (Fsp3) is 0.500. The lowest BCUT2D eigenvalue weighted by Crippen LogP contribution is -2.43. The van der Waals surface area contributed by atoms with Crippen molar-refractivity contribution in [2.45, 2.75) is 26.7 Å². The summed E-state index contributed by atoms with van der Waals surface area (Å²) in [7, 11) is 0. The molecule has 0 unspecified atom stereocenters. The highest BCUT2D eigenvalue weighted by Gasteiger charge is 2.30. The topological polar surface area (TPSA) is 72.3 Å². The van der Waals surface area contributed by atoms with Crippen LogP contribution in [-0.2, 0) is 0 Å². The average molecular weight is 247 g/mol. The van der Waals surface area contributed by atoms with E-state index in [-0.39, 0.29) is 11.3 Å². The van der Waals surface area contributed by atoms with Gasteiger partial charge in [0, 0.05) is 24.5 Å². The third kappa shape index (κ3) is 2.58.